The molecule has 0 spiro atoms. The second-order valence-corrected chi connectivity index (χ2v) is 5.80. The molecule has 0 unspecified atom stereocenters. The van der Waals surface area contributed by atoms with Gasteiger partial charge in [0, 0.05) is 34.1 Å². The standard InChI is InChI=1S/C18H14ClN3O/c19-14-8-5-12(6-9-14)18-22-21-17(23-18)10-7-13-11-20-16-4-2-1-3-15(13)16/h1-6,8-9,11,20H,7,10H2. The minimum Gasteiger partial charge on any atom is -0.421 e. The Morgan fingerprint density at radius 2 is 1.78 bits per heavy atom. The summed E-state index contributed by atoms with van der Waals surface area (Å²) in [5, 5.41) is 10.2. The van der Waals surface area contributed by atoms with Gasteiger partial charge in [0.15, 0.2) is 0 Å². The number of aryl methyl sites for hydroxylation is 2. The van der Waals surface area contributed by atoms with Crippen LogP contribution < -0.4 is 0 Å². The Morgan fingerprint density at radius 1 is 0.957 bits per heavy atom. The molecule has 0 saturated heterocycles. The first-order valence-corrected chi connectivity index (χ1v) is 7.81. The Bertz CT molecular complexity index is 940. The lowest BCUT2D eigenvalue weighted by molar-refractivity contribution is 0.505. The third kappa shape index (κ3) is 2.85. The van der Waals surface area contributed by atoms with Crippen molar-refractivity contribution >= 4 is 22.5 Å². The van der Waals surface area contributed by atoms with Gasteiger partial charge in [0.2, 0.25) is 11.8 Å². The predicted octanol–water partition coefficient (Wildman–Crippen LogP) is 4.66. The summed E-state index contributed by atoms with van der Waals surface area (Å²) >= 11 is 5.89. The molecule has 23 heavy (non-hydrogen) atoms. The first kappa shape index (κ1) is 14.0. The summed E-state index contributed by atoms with van der Waals surface area (Å²) in [5.74, 6) is 1.16. The van der Waals surface area contributed by atoms with Crippen molar-refractivity contribution in [3.8, 4) is 11.5 Å². The van der Waals surface area contributed by atoms with Crippen LogP contribution in [0, 0.1) is 0 Å². The van der Waals surface area contributed by atoms with E-state index in [0.717, 1.165) is 17.5 Å². The monoisotopic (exact) mass is 323 g/mol. The number of aromatic amines is 1. The Hall–Kier alpha value is -2.59. The van der Waals surface area contributed by atoms with E-state index in [1.165, 1.54) is 10.9 Å². The summed E-state index contributed by atoms with van der Waals surface area (Å²) in [4.78, 5) is 3.28. The molecule has 4 aromatic rings. The highest BCUT2D eigenvalue weighted by atomic mass is 35.5. The van der Waals surface area contributed by atoms with E-state index in [-0.39, 0.29) is 0 Å². The first-order chi connectivity index (χ1) is 11.3. The van der Waals surface area contributed by atoms with E-state index in [4.69, 9.17) is 16.0 Å². The van der Waals surface area contributed by atoms with Gasteiger partial charge in [-0.2, -0.15) is 0 Å². The fourth-order valence-electron chi connectivity index (χ4n) is 2.64. The summed E-state index contributed by atoms with van der Waals surface area (Å²) in [5.41, 5.74) is 3.28. The van der Waals surface area contributed by atoms with E-state index >= 15 is 0 Å². The SMILES string of the molecule is Clc1ccc(-c2nnc(CCc3c[nH]c4ccccc34)o2)cc1. The van der Waals surface area contributed by atoms with Crippen LogP contribution in [-0.2, 0) is 12.8 Å². The summed E-state index contributed by atoms with van der Waals surface area (Å²) in [6.07, 6.45) is 3.61. The second-order valence-electron chi connectivity index (χ2n) is 5.37. The fourth-order valence-corrected chi connectivity index (χ4v) is 2.77. The van der Waals surface area contributed by atoms with Crippen LogP contribution >= 0.6 is 11.6 Å². The maximum absolute atomic E-state index is 5.89. The number of para-hydroxylation sites is 1. The van der Waals surface area contributed by atoms with Crippen molar-refractivity contribution in [1.82, 2.24) is 15.2 Å². The van der Waals surface area contributed by atoms with Gasteiger partial charge < -0.3 is 9.40 Å². The molecule has 1 N–H and O–H groups in total. The van der Waals surface area contributed by atoms with Crippen LogP contribution in [-0.4, -0.2) is 15.2 Å². The number of halogens is 1. The molecule has 0 aliphatic heterocycles. The molecule has 0 radical (unpaired) electrons. The van der Waals surface area contributed by atoms with Crippen LogP contribution in [0.2, 0.25) is 5.02 Å². The normalized spacial score (nSPS) is 11.2. The van der Waals surface area contributed by atoms with Crippen LogP contribution in [0.3, 0.4) is 0 Å². The van der Waals surface area contributed by atoms with Crippen LogP contribution in [0.1, 0.15) is 11.5 Å². The molecule has 4 rings (SSSR count). The Balaban J connectivity index is 1.51. The highest BCUT2D eigenvalue weighted by molar-refractivity contribution is 6.30. The summed E-state index contributed by atoms with van der Waals surface area (Å²) < 4.78 is 5.74. The Labute approximate surface area is 138 Å². The topological polar surface area (TPSA) is 54.7 Å². The first-order valence-electron chi connectivity index (χ1n) is 7.43. The van der Waals surface area contributed by atoms with Gasteiger partial charge in [0.25, 0.3) is 0 Å². The van der Waals surface area contributed by atoms with E-state index in [1.54, 1.807) is 0 Å². The van der Waals surface area contributed by atoms with Gasteiger partial charge in [-0.3, -0.25) is 0 Å². The van der Waals surface area contributed by atoms with Crippen molar-refractivity contribution in [3.63, 3.8) is 0 Å². The number of fused-ring (bicyclic) bond motifs is 1. The number of hydrogen-bond acceptors (Lipinski definition) is 3. The number of benzene rings is 2. The second kappa shape index (κ2) is 5.89. The van der Waals surface area contributed by atoms with E-state index in [0.29, 0.717) is 23.2 Å². The molecule has 0 atom stereocenters. The molecule has 0 amide bonds. The maximum atomic E-state index is 5.89. The van der Waals surface area contributed by atoms with Gasteiger partial charge in [-0.1, -0.05) is 29.8 Å². The minimum atomic E-state index is 0.524. The highest BCUT2D eigenvalue weighted by Gasteiger charge is 2.10. The molecule has 0 aliphatic rings. The molecule has 0 fully saturated rings. The van der Waals surface area contributed by atoms with Gasteiger partial charge in [-0.05, 0) is 42.3 Å². The average Bonchev–Trinajstić information content (AvgIpc) is 3.20. The smallest absolute Gasteiger partial charge is 0.247 e. The van der Waals surface area contributed by atoms with Gasteiger partial charge in [0.1, 0.15) is 0 Å². The van der Waals surface area contributed by atoms with Crippen LogP contribution in [0.4, 0.5) is 0 Å². The summed E-state index contributed by atoms with van der Waals surface area (Å²) in [7, 11) is 0. The van der Waals surface area contributed by atoms with Gasteiger partial charge >= 0.3 is 0 Å². The van der Waals surface area contributed by atoms with Crippen molar-refractivity contribution in [2.45, 2.75) is 12.8 Å². The van der Waals surface area contributed by atoms with Crippen molar-refractivity contribution in [2.75, 3.05) is 0 Å². The molecule has 2 aromatic heterocycles. The van der Waals surface area contributed by atoms with Crippen LogP contribution in [0.25, 0.3) is 22.4 Å². The zero-order valence-electron chi connectivity index (χ0n) is 12.3. The van der Waals surface area contributed by atoms with E-state index in [1.807, 2.05) is 42.6 Å². The molecule has 0 saturated carbocycles. The van der Waals surface area contributed by atoms with Gasteiger partial charge in [-0.25, -0.2) is 0 Å². The lowest BCUT2D eigenvalue weighted by atomic mass is 10.1. The van der Waals surface area contributed by atoms with Crippen LogP contribution in [0.5, 0.6) is 0 Å². The molecule has 4 nitrogen and oxygen atoms in total. The molecular weight excluding hydrogens is 310 g/mol. The number of rotatable bonds is 4. The average molecular weight is 324 g/mol. The fraction of sp³-hybridized carbons (Fsp3) is 0.111. The number of nitrogens with zero attached hydrogens (tertiary/aromatic N) is 2. The Morgan fingerprint density at radius 3 is 2.65 bits per heavy atom. The van der Waals surface area contributed by atoms with Crippen molar-refractivity contribution in [1.29, 1.82) is 0 Å². The lowest BCUT2D eigenvalue weighted by Crippen LogP contribution is -1.90. The van der Waals surface area contributed by atoms with E-state index in [9.17, 15) is 0 Å². The minimum absolute atomic E-state index is 0.524. The van der Waals surface area contributed by atoms with Crippen molar-refractivity contribution in [3.05, 3.63) is 71.2 Å². The quantitative estimate of drug-likeness (QED) is 0.594. The molecule has 0 bridgehead atoms. The van der Waals surface area contributed by atoms with Gasteiger partial charge in [-0.15, -0.1) is 10.2 Å². The number of nitrogens with one attached hydrogen (secondary N) is 1. The number of H-pyrrole nitrogens is 1. The third-order valence-corrected chi connectivity index (χ3v) is 4.09. The lowest BCUT2D eigenvalue weighted by Gasteiger charge is -1.97. The number of hydrogen-bond donors (Lipinski definition) is 1. The molecule has 114 valence electrons. The zero-order valence-corrected chi connectivity index (χ0v) is 13.0. The predicted molar refractivity (Wildman–Crippen MR) is 90.5 cm³/mol. The van der Waals surface area contributed by atoms with Gasteiger partial charge in [0.05, 0.1) is 0 Å². The molecule has 2 aromatic carbocycles. The summed E-state index contributed by atoms with van der Waals surface area (Å²) in [6.45, 7) is 0. The maximum Gasteiger partial charge on any atom is 0.247 e. The van der Waals surface area contributed by atoms with E-state index < -0.39 is 0 Å². The largest absolute Gasteiger partial charge is 0.421 e. The van der Waals surface area contributed by atoms with Crippen molar-refractivity contribution < 1.29 is 4.42 Å². The Kier molecular flexibility index (Phi) is 3.60. The molecular formula is C18H14ClN3O. The molecule has 5 heteroatoms. The van der Waals surface area contributed by atoms with Crippen molar-refractivity contribution in [2.24, 2.45) is 0 Å². The highest BCUT2D eigenvalue weighted by Crippen LogP contribution is 2.22. The number of aromatic nitrogens is 3. The zero-order chi connectivity index (χ0) is 15.6. The van der Waals surface area contributed by atoms with E-state index in [2.05, 4.69) is 27.3 Å². The molecule has 0 aliphatic carbocycles. The third-order valence-electron chi connectivity index (χ3n) is 3.84. The van der Waals surface area contributed by atoms with Crippen LogP contribution in [0.15, 0.2) is 59.1 Å². The summed E-state index contributed by atoms with van der Waals surface area (Å²) in [6, 6.07) is 15.6. The molecule has 2 heterocycles.